The van der Waals surface area contributed by atoms with E-state index in [1.807, 2.05) is 6.07 Å². The third kappa shape index (κ3) is 6.12. The number of fused-ring (bicyclic) bond motifs is 2. The summed E-state index contributed by atoms with van der Waals surface area (Å²) in [5, 5.41) is 6.69. The minimum Gasteiger partial charge on any atom is -0.366 e. The van der Waals surface area contributed by atoms with Crippen LogP contribution in [0.15, 0.2) is 58.4 Å². The van der Waals surface area contributed by atoms with E-state index < -0.39 is 15.4 Å². The van der Waals surface area contributed by atoms with Gasteiger partial charge in [0, 0.05) is 41.8 Å². The normalized spacial score (nSPS) is 18.4. The van der Waals surface area contributed by atoms with Crippen LogP contribution in [0, 0.1) is 5.82 Å². The summed E-state index contributed by atoms with van der Waals surface area (Å²) in [6, 6.07) is 10.1. The van der Waals surface area contributed by atoms with E-state index in [9.17, 15) is 17.6 Å². The molecule has 1 N–H and O–H groups in total. The second kappa shape index (κ2) is 11.9. The third-order valence-corrected chi connectivity index (χ3v) is 11.2. The van der Waals surface area contributed by atoms with Crippen LogP contribution in [0.1, 0.15) is 58.1 Å². The molecule has 13 heteroatoms. The van der Waals surface area contributed by atoms with Crippen LogP contribution in [0.4, 0.5) is 4.39 Å². The molecule has 6 rings (SSSR count). The second-order valence-corrected chi connectivity index (χ2v) is 14.3. The molecule has 2 aliphatic heterocycles. The van der Waals surface area contributed by atoms with E-state index in [-0.39, 0.29) is 35.0 Å². The van der Waals surface area contributed by atoms with Gasteiger partial charge in [-0.05, 0) is 56.0 Å². The van der Waals surface area contributed by atoms with Gasteiger partial charge in [-0.3, -0.25) is 14.7 Å². The first kappa shape index (κ1) is 29.5. The second-order valence-electron chi connectivity index (χ2n) is 11.0. The van der Waals surface area contributed by atoms with E-state index in [1.54, 1.807) is 25.1 Å². The molecule has 5 heterocycles. The molecular formula is C30H32FN5O5S2. The zero-order valence-corrected chi connectivity index (χ0v) is 25.5. The number of ether oxygens (including phenoxy) is 1. The summed E-state index contributed by atoms with van der Waals surface area (Å²) in [4.78, 5) is 25.4. The maximum Gasteiger partial charge on any atom is 0.261 e. The van der Waals surface area contributed by atoms with Gasteiger partial charge < -0.3 is 14.6 Å². The van der Waals surface area contributed by atoms with Crippen LogP contribution < -0.4 is 5.32 Å². The molecule has 0 bridgehead atoms. The summed E-state index contributed by atoms with van der Waals surface area (Å²) in [5.74, 6) is -0.153. The number of amides is 1. The van der Waals surface area contributed by atoms with E-state index >= 15 is 0 Å². The van der Waals surface area contributed by atoms with Crippen molar-refractivity contribution in [1.82, 2.24) is 25.3 Å². The molecule has 1 amide bonds. The summed E-state index contributed by atoms with van der Waals surface area (Å²) in [5.41, 5.74) is 2.41. The molecule has 0 saturated carbocycles. The van der Waals surface area contributed by atoms with Gasteiger partial charge in [-0.1, -0.05) is 24.2 Å². The van der Waals surface area contributed by atoms with Gasteiger partial charge in [0.15, 0.2) is 9.84 Å². The lowest BCUT2D eigenvalue weighted by molar-refractivity contribution is -0.131. The number of benzene rings is 1. The number of nitrogens with zero attached hydrogens (tertiary/aromatic N) is 4. The summed E-state index contributed by atoms with van der Waals surface area (Å²) in [6.07, 6.45) is 4.78. The van der Waals surface area contributed by atoms with Crippen molar-refractivity contribution < 1.29 is 26.9 Å². The third-order valence-electron chi connectivity index (χ3n) is 8.08. The zero-order chi connectivity index (χ0) is 30.2. The molecule has 0 unspecified atom stereocenters. The number of hydrogen-bond donors (Lipinski definition) is 1. The highest BCUT2D eigenvalue weighted by molar-refractivity contribution is 7.91. The lowest BCUT2D eigenvalue weighted by Crippen LogP contribution is -2.47. The summed E-state index contributed by atoms with van der Waals surface area (Å²) in [6.45, 7) is 5.77. The molecule has 3 aromatic heterocycles. The number of rotatable bonds is 8. The summed E-state index contributed by atoms with van der Waals surface area (Å²) >= 11 is 1.47. The molecule has 226 valence electrons. The SMILES string of the molecule is CCS(=O)(=O)c1ccc(CNC(=O)c2cc3c(s2)C2(CCN(Cc4ccc(-c5ncon5)cc4F)CC2)O[C@@H](C)C3)nc1. The number of piperidine rings is 1. The maximum absolute atomic E-state index is 14.9. The average Bonchev–Trinajstić information content (AvgIpc) is 3.70. The first-order valence-corrected chi connectivity index (χ1v) is 16.7. The summed E-state index contributed by atoms with van der Waals surface area (Å²) in [7, 11) is -3.33. The first-order chi connectivity index (χ1) is 20.7. The van der Waals surface area contributed by atoms with Crippen LogP contribution in [-0.4, -0.2) is 59.3 Å². The van der Waals surface area contributed by atoms with Crippen LogP contribution in [0.5, 0.6) is 0 Å². The number of pyridine rings is 1. The van der Waals surface area contributed by atoms with Gasteiger partial charge in [-0.15, -0.1) is 11.3 Å². The number of sulfone groups is 1. The predicted molar refractivity (Wildman–Crippen MR) is 158 cm³/mol. The van der Waals surface area contributed by atoms with Gasteiger partial charge in [0.05, 0.1) is 33.9 Å². The number of aromatic nitrogens is 3. The van der Waals surface area contributed by atoms with Crippen LogP contribution in [-0.2, 0) is 39.7 Å². The fraction of sp³-hybridized carbons (Fsp3) is 0.400. The van der Waals surface area contributed by atoms with Crippen molar-refractivity contribution in [3.63, 3.8) is 0 Å². The maximum atomic E-state index is 14.9. The Kier molecular flexibility index (Phi) is 8.16. The highest BCUT2D eigenvalue weighted by atomic mass is 32.2. The van der Waals surface area contributed by atoms with Gasteiger partial charge in [0.1, 0.15) is 11.4 Å². The fourth-order valence-electron chi connectivity index (χ4n) is 5.76. The van der Waals surface area contributed by atoms with Gasteiger partial charge in [0.25, 0.3) is 5.91 Å². The topological polar surface area (TPSA) is 128 Å². The molecule has 43 heavy (non-hydrogen) atoms. The summed E-state index contributed by atoms with van der Waals surface area (Å²) < 4.78 is 50.3. The van der Waals surface area contributed by atoms with Crippen LogP contribution in [0.3, 0.4) is 0 Å². The minimum absolute atomic E-state index is 0.00552. The highest BCUT2D eigenvalue weighted by Crippen LogP contribution is 2.47. The Balaban J connectivity index is 1.10. The van der Waals surface area contributed by atoms with Crippen molar-refractivity contribution in [3.8, 4) is 11.4 Å². The molecule has 4 aromatic rings. The van der Waals surface area contributed by atoms with Crippen molar-refractivity contribution >= 4 is 27.1 Å². The van der Waals surface area contributed by atoms with Crippen molar-refractivity contribution in [3.05, 3.63) is 81.4 Å². The molecule has 1 atom stereocenters. The Morgan fingerprint density at radius 2 is 2.00 bits per heavy atom. The standard InChI is InChI=1S/C30H32FN5O5S2/c1-3-43(38,39)24-7-6-23(32-16-24)15-33-29(37)26-14-22-12-19(2)41-30(27(22)42-26)8-10-36(11-9-30)17-21-5-4-20(13-25(21)31)28-34-18-40-35-28/h4-7,13-14,16,18-19H,3,8-12,15,17H2,1-2H3,(H,33,37)/t19-/m0/s1. The Bertz CT molecular complexity index is 1720. The molecule has 2 aliphatic rings. The number of likely N-dealkylation sites (tertiary alicyclic amines) is 1. The molecule has 1 spiro atoms. The van der Waals surface area contributed by atoms with Gasteiger partial charge in [-0.2, -0.15) is 4.98 Å². The quantitative estimate of drug-likeness (QED) is 0.301. The zero-order valence-electron chi connectivity index (χ0n) is 23.9. The number of nitrogens with one attached hydrogen (secondary N) is 1. The molecule has 1 aromatic carbocycles. The smallest absolute Gasteiger partial charge is 0.261 e. The fourth-order valence-corrected chi connectivity index (χ4v) is 7.88. The molecule has 0 aliphatic carbocycles. The van der Waals surface area contributed by atoms with E-state index in [0.717, 1.165) is 42.8 Å². The molecule has 1 fully saturated rings. The number of thiophene rings is 1. The van der Waals surface area contributed by atoms with E-state index in [0.29, 0.717) is 34.1 Å². The number of halogens is 1. The number of carbonyl (C=O) groups excluding carboxylic acids is 1. The number of hydrogen-bond acceptors (Lipinski definition) is 10. The molecule has 10 nitrogen and oxygen atoms in total. The minimum atomic E-state index is -3.33. The van der Waals surface area contributed by atoms with E-state index in [4.69, 9.17) is 9.26 Å². The Morgan fingerprint density at radius 3 is 2.67 bits per heavy atom. The Labute approximate surface area is 253 Å². The van der Waals surface area contributed by atoms with Gasteiger partial charge in [-0.25, -0.2) is 12.8 Å². The van der Waals surface area contributed by atoms with Crippen LogP contribution >= 0.6 is 11.3 Å². The van der Waals surface area contributed by atoms with Gasteiger partial charge >= 0.3 is 0 Å². The lowest BCUT2D eigenvalue weighted by Gasteiger charge is -2.45. The van der Waals surface area contributed by atoms with Crippen molar-refractivity contribution in [1.29, 1.82) is 0 Å². The van der Waals surface area contributed by atoms with Gasteiger partial charge in [0.2, 0.25) is 12.2 Å². The van der Waals surface area contributed by atoms with Crippen molar-refractivity contribution in [2.45, 2.75) is 62.8 Å². The molecule has 0 radical (unpaired) electrons. The average molecular weight is 626 g/mol. The Hall–Kier alpha value is -3.52. The first-order valence-electron chi connectivity index (χ1n) is 14.2. The molecular weight excluding hydrogens is 593 g/mol. The predicted octanol–water partition coefficient (Wildman–Crippen LogP) is 4.51. The van der Waals surface area contributed by atoms with Crippen LogP contribution in [0.2, 0.25) is 0 Å². The van der Waals surface area contributed by atoms with E-state index in [1.165, 1.54) is 36.1 Å². The monoisotopic (exact) mass is 625 g/mol. The van der Waals surface area contributed by atoms with Crippen molar-refractivity contribution in [2.24, 2.45) is 0 Å². The van der Waals surface area contributed by atoms with Crippen molar-refractivity contribution in [2.75, 3.05) is 18.8 Å². The Morgan fingerprint density at radius 1 is 1.19 bits per heavy atom. The largest absolute Gasteiger partial charge is 0.366 e. The number of carbonyl (C=O) groups is 1. The molecule has 1 saturated heterocycles. The van der Waals surface area contributed by atoms with Crippen LogP contribution in [0.25, 0.3) is 11.4 Å². The highest BCUT2D eigenvalue weighted by Gasteiger charge is 2.44. The lowest BCUT2D eigenvalue weighted by atomic mass is 9.84. The van der Waals surface area contributed by atoms with E-state index in [2.05, 4.69) is 32.3 Å².